The fourth-order valence-electron chi connectivity index (χ4n) is 3.28. The van der Waals surface area contributed by atoms with Gasteiger partial charge in [0.05, 0.1) is 6.21 Å². The van der Waals surface area contributed by atoms with Gasteiger partial charge in [-0.1, -0.05) is 48.5 Å². The molecule has 2 N–H and O–H groups in total. The quantitative estimate of drug-likeness (QED) is 0.280. The lowest BCUT2D eigenvalue weighted by Gasteiger charge is -2.20. The molecule has 6 nitrogen and oxygen atoms in total. The third kappa shape index (κ3) is 6.62. The molecule has 0 fully saturated rings. The van der Waals surface area contributed by atoms with Crippen LogP contribution in [0.15, 0.2) is 89.7 Å². The van der Waals surface area contributed by atoms with Gasteiger partial charge < -0.3 is 10.2 Å². The van der Waals surface area contributed by atoms with Crippen molar-refractivity contribution in [3.05, 3.63) is 107 Å². The second-order valence-corrected chi connectivity index (χ2v) is 7.36. The minimum absolute atomic E-state index is 0.00938. The zero-order valence-electron chi connectivity index (χ0n) is 19.2. The van der Waals surface area contributed by atoms with Crippen LogP contribution in [0.1, 0.15) is 35.3 Å². The maximum Gasteiger partial charge on any atom is 0.287 e. The van der Waals surface area contributed by atoms with Crippen molar-refractivity contribution in [2.24, 2.45) is 5.10 Å². The Hall–Kier alpha value is -4.26. The summed E-state index contributed by atoms with van der Waals surface area (Å²) in [7, 11) is 0. The Morgan fingerprint density at radius 1 is 0.912 bits per heavy atom. The summed E-state index contributed by atoms with van der Waals surface area (Å²) in [6, 6.07) is 22.3. The molecule has 0 spiro atoms. The number of carbonyl (C=O) groups is 2. The van der Waals surface area contributed by atoms with Crippen molar-refractivity contribution in [3.63, 3.8) is 0 Å². The average Bonchev–Trinajstić information content (AvgIpc) is 2.87. The largest absolute Gasteiger partial charge is 0.372 e. The Labute approximate surface area is 198 Å². The number of halogens is 1. The number of amides is 2. The molecule has 0 heterocycles. The van der Waals surface area contributed by atoms with Crippen molar-refractivity contribution >= 4 is 29.8 Å². The standard InChI is InChI=1S/C27H27FN4O2/c1-3-32(4-2)23-16-14-20(15-17-23)18-25(30-26(33)21-10-6-5-7-11-21)27(34)31-29-19-22-12-8-9-13-24(22)28/h5-19H,3-4H2,1-2H3,(H,30,33)(H,31,34)/b25-18+,29-19+. The molecular weight excluding hydrogens is 431 g/mol. The van der Waals surface area contributed by atoms with Gasteiger partial charge in [-0.15, -0.1) is 0 Å². The van der Waals surface area contributed by atoms with E-state index in [0.717, 1.165) is 24.3 Å². The van der Waals surface area contributed by atoms with E-state index < -0.39 is 17.6 Å². The Morgan fingerprint density at radius 3 is 2.21 bits per heavy atom. The number of hydrazone groups is 1. The number of carbonyl (C=O) groups excluding carboxylic acids is 2. The van der Waals surface area contributed by atoms with Crippen LogP contribution in [0.5, 0.6) is 0 Å². The fraction of sp³-hybridized carbons (Fsp3) is 0.148. The van der Waals surface area contributed by atoms with Crippen molar-refractivity contribution in [3.8, 4) is 0 Å². The van der Waals surface area contributed by atoms with Gasteiger partial charge >= 0.3 is 0 Å². The second kappa shape index (κ2) is 12.1. The van der Waals surface area contributed by atoms with E-state index in [9.17, 15) is 14.0 Å². The van der Waals surface area contributed by atoms with Gasteiger partial charge in [-0.3, -0.25) is 9.59 Å². The first-order valence-corrected chi connectivity index (χ1v) is 11.0. The number of rotatable bonds is 9. The number of benzene rings is 3. The average molecular weight is 459 g/mol. The third-order valence-electron chi connectivity index (χ3n) is 5.14. The number of hydrogen-bond acceptors (Lipinski definition) is 4. The highest BCUT2D eigenvalue weighted by Gasteiger charge is 2.14. The molecule has 34 heavy (non-hydrogen) atoms. The highest BCUT2D eigenvalue weighted by Crippen LogP contribution is 2.16. The normalized spacial score (nSPS) is 11.3. The van der Waals surface area contributed by atoms with E-state index in [1.165, 1.54) is 18.3 Å². The molecule has 174 valence electrons. The van der Waals surface area contributed by atoms with Crippen molar-refractivity contribution in [2.75, 3.05) is 18.0 Å². The first-order chi connectivity index (χ1) is 16.5. The van der Waals surface area contributed by atoms with E-state index in [1.807, 2.05) is 24.3 Å². The van der Waals surface area contributed by atoms with Crippen molar-refractivity contribution in [1.29, 1.82) is 0 Å². The molecule has 0 aliphatic rings. The van der Waals surface area contributed by atoms with Crippen molar-refractivity contribution in [1.82, 2.24) is 10.7 Å². The SMILES string of the molecule is CCN(CC)c1ccc(/C=C(/NC(=O)c2ccccc2)C(=O)N/N=C/c2ccccc2F)cc1. The lowest BCUT2D eigenvalue weighted by molar-refractivity contribution is -0.117. The van der Waals surface area contributed by atoms with Crippen LogP contribution in [0.25, 0.3) is 6.08 Å². The number of anilines is 1. The van der Waals surface area contributed by atoms with E-state index >= 15 is 0 Å². The zero-order chi connectivity index (χ0) is 24.3. The van der Waals surface area contributed by atoms with Crippen LogP contribution in [-0.4, -0.2) is 31.1 Å². The van der Waals surface area contributed by atoms with Gasteiger partial charge in [-0.05, 0) is 55.8 Å². The summed E-state index contributed by atoms with van der Waals surface area (Å²) in [4.78, 5) is 27.7. The molecular formula is C27H27FN4O2. The van der Waals surface area contributed by atoms with Gasteiger partial charge in [0.25, 0.3) is 11.8 Å². The Bertz CT molecular complexity index is 1170. The molecule has 3 aromatic carbocycles. The molecule has 0 unspecified atom stereocenters. The first kappa shape index (κ1) is 24.4. The Kier molecular flexibility index (Phi) is 8.68. The lowest BCUT2D eigenvalue weighted by atomic mass is 10.1. The lowest BCUT2D eigenvalue weighted by Crippen LogP contribution is -2.32. The molecule has 0 saturated carbocycles. The summed E-state index contributed by atoms with van der Waals surface area (Å²) >= 11 is 0. The minimum atomic E-state index is -0.635. The van der Waals surface area contributed by atoms with Crippen LogP contribution in [0.2, 0.25) is 0 Å². The van der Waals surface area contributed by atoms with Gasteiger partial charge in [0, 0.05) is 29.9 Å². The van der Waals surface area contributed by atoms with E-state index in [4.69, 9.17) is 0 Å². The van der Waals surface area contributed by atoms with E-state index in [1.54, 1.807) is 48.5 Å². The molecule has 3 aromatic rings. The summed E-state index contributed by atoms with van der Waals surface area (Å²) in [5.74, 6) is -1.52. The van der Waals surface area contributed by atoms with Crippen LogP contribution < -0.4 is 15.6 Å². The van der Waals surface area contributed by atoms with Crippen LogP contribution in [0.4, 0.5) is 10.1 Å². The molecule has 0 radical (unpaired) electrons. The van der Waals surface area contributed by atoms with Crippen molar-refractivity contribution in [2.45, 2.75) is 13.8 Å². The summed E-state index contributed by atoms with van der Waals surface area (Å²) in [5.41, 5.74) is 4.80. The van der Waals surface area contributed by atoms with Crippen LogP contribution in [0.3, 0.4) is 0 Å². The maximum absolute atomic E-state index is 13.8. The summed E-state index contributed by atoms with van der Waals surface area (Å²) in [6.07, 6.45) is 2.78. The Balaban J connectivity index is 1.83. The number of nitrogens with one attached hydrogen (secondary N) is 2. The fourth-order valence-corrected chi connectivity index (χ4v) is 3.28. The molecule has 0 aliphatic carbocycles. The summed E-state index contributed by atoms with van der Waals surface area (Å²) in [5, 5.41) is 6.49. The van der Waals surface area contributed by atoms with E-state index in [0.29, 0.717) is 5.56 Å². The smallest absolute Gasteiger partial charge is 0.287 e. The molecule has 0 aliphatic heterocycles. The van der Waals surface area contributed by atoms with Gasteiger partial charge in [0.1, 0.15) is 11.5 Å². The van der Waals surface area contributed by atoms with Gasteiger partial charge in [0.15, 0.2) is 0 Å². The molecule has 0 atom stereocenters. The topological polar surface area (TPSA) is 73.8 Å². The first-order valence-electron chi connectivity index (χ1n) is 11.0. The monoisotopic (exact) mass is 458 g/mol. The van der Waals surface area contributed by atoms with Gasteiger partial charge in [-0.25, -0.2) is 9.82 Å². The van der Waals surface area contributed by atoms with E-state index in [2.05, 4.69) is 34.6 Å². The zero-order valence-corrected chi connectivity index (χ0v) is 19.2. The molecule has 0 aromatic heterocycles. The molecule has 0 saturated heterocycles. The molecule has 0 bridgehead atoms. The Morgan fingerprint density at radius 2 is 1.56 bits per heavy atom. The highest BCUT2D eigenvalue weighted by atomic mass is 19.1. The van der Waals surface area contributed by atoms with Gasteiger partial charge in [0.2, 0.25) is 0 Å². The number of nitrogens with zero attached hydrogens (tertiary/aromatic N) is 2. The van der Waals surface area contributed by atoms with Crippen LogP contribution >= 0.6 is 0 Å². The van der Waals surface area contributed by atoms with Crippen LogP contribution in [0, 0.1) is 5.82 Å². The maximum atomic E-state index is 13.8. The predicted octanol–water partition coefficient (Wildman–Crippen LogP) is 4.59. The molecule has 7 heteroatoms. The van der Waals surface area contributed by atoms with Crippen LogP contribution in [-0.2, 0) is 4.79 Å². The highest BCUT2D eigenvalue weighted by molar-refractivity contribution is 6.05. The van der Waals surface area contributed by atoms with Gasteiger partial charge in [-0.2, -0.15) is 5.10 Å². The molecule has 2 amide bonds. The summed E-state index contributed by atoms with van der Waals surface area (Å²) in [6.45, 7) is 5.93. The molecule has 3 rings (SSSR count). The summed E-state index contributed by atoms with van der Waals surface area (Å²) < 4.78 is 13.8. The van der Waals surface area contributed by atoms with E-state index in [-0.39, 0.29) is 11.3 Å². The second-order valence-electron chi connectivity index (χ2n) is 7.36. The minimum Gasteiger partial charge on any atom is -0.372 e. The predicted molar refractivity (Wildman–Crippen MR) is 134 cm³/mol. The number of hydrogen-bond donors (Lipinski definition) is 2. The third-order valence-corrected chi connectivity index (χ3v) is 5.14. The van der Waals surface area contributed by atoms with Crippen molar-refractivity contribution < 1.29 is 14.0 Å².